The van der Waals surface area contributed by atoms with E-state index in [2.05, 4.69) is 10.2 Å². The van der Waals surface area contributed by atoms with E-state index in [9.17, 15) is 9.18 Å². The van der Waals surface area contributed by atoms with E-state index >= 15 is 0 Å². The molecule has 0 aromatic heterocycles. The van der Waals surface area contributed by atoms with Crippen LogP contribution in [0.4, 0.5) is 4.39 Å². The molecule has 0 saturated heterocycles. The highest BCUT2D eigenvalue weighted by Crippen LogP contribution is 2.41. The second-order valence-electron chi connectivity index (χ2n) is 7.97. The molecule has 2 saturated carbocycles. The van der Waals surface area contributed by atoms with Gasteiger partial charge in [-0.15, -0.1) is 0 Å². The highest BCUT2D eigenvalue weighted by Gasteiger charge is 2.40. The molecule has 0 aliphatic heterocycles. The molecule has 0 radical (unpaired) electrons. The second kappa shape index (κ2) is 7.83. The molecule has 1 aromatic rings. The number of hydrogen-bond acceptors (Lipinski definition) is 3. The first-order valence-corrected chi connectivity index (χ1v) is 9.41. The van der Waals surface area contributed by atoms with Gasteiger partial charge in [0.1, 0.15) is 5.82 Å². The number of halogens is 1. The van der Waals surface area contributed by atoms with E-state index in [-0.39, 0.29) is 29.7 Å². The van der Waals surface area contributed by atoms with E-state index in [4.69, 9.17) is 5.73 Å². The molecular formula is C20H30FN3O. The van der Waals surface area contributed by atoms with Gasteiger partial charge in [0.15, 0.2) is 0 Å². The van der Waals surface area contributed by atoms with Crippen molar-refractivity contribution in [2.24, 2.45) is 23.5 Å². The number of fused-ring (bicyclic) bond motifs is 2. The summed E-state index contributed by atoms with van der Waals surface area (Å²) in [5.74, 6) is 1.01. The van der Waals surface area contributed by atoms with Gasteiger partial charge >= 0.3 is 0 Å². The minimum Gasteiger partial charge on any atom is -0.354 e. The summed E-state index contributed by atoms with van der Waals surface area (Å²) in [6.07, 6.45) is 5.43. The summed E-state index contributed by atoms with van der Waals surface area (Å²) in [4.78, 5) is 14.8. The number of rotatable bonds is 5. The fraction of sp³-hybridized carbons (Fsp3) is 0.650. The number of amides is 1. The maximum Gasteiger partial charge on any atom is 0.223 e. The largest absolute Gasteiger partial charge is 0.354 e. The normalized spacial score (nSPS) is 30.1. The average Bonchev–Trinajstić information content (AvgIpc) is 2.56. The van der Waals surface area contributed by atoms with Crippen LogP contribution >= 0.6 is 0 Å². The van der Waals surface area contributed by atoms with E-state index in [0.717, 1.165) is 31.2 Å². The van der Waals surface area contributed by atoms with E-state index < -0.39 is 0 Å². The molecule has 3 rings (SSSR count). The monoisotopic (exact) mass is 347 g/mol. The summed E-state index contributed by atoms with van der Waals surface area (Å²) in [6, 6.07) is 6.84. The third kappa shape index (κ3) is 4.21. The van der Waals surface area contributed by atoms with Crippen LogP contribution in [-0.2, 0) is 4.79 Å². The fourth-order valence-corrected chi connectivity index (χ4v) is 4.63. The summed E-state index contributed by atoms with van der Waals surface area (Å²) in [5.41, 5.74) is 7.34. The molecule has 25 heavy (non-hydrogen) atoms. The molecule has 3 atom stereocenters. The van der Waals surface area contributed by atoms with Crippen LogP contribution in [0.25, 0.3) is 0 Å². The van der Waals surface area contributed by atoms with Gasteiger partial charge in [0.05, 0.1) is 6.04 Å². The summed E-state index contributed by atoms with van der Waals surface area (Å²) in [7, 11) is 3.95. The van der Waals surface area contributed by atoms with E-state index in [1.807, 2.05) is 14.1 Å². The Balaban J connectivity index is 1.59. The van der Waals surface area contributed by atoms with Crippen LogP contribution in [0.1, 0.15) is 43.7 Å². The van der Waals surface area contributed by atoms with Crippen molar-refractivity contribution < 1.29 is 9.18 Å². The van der Waals surface area contributed by atoms with Gasteiger partial charge in [0, 0.05) is 18.5 Å². The molecule has 1 aromatic carbocycles. The summed E-state index contributed by atoms with van der Waals surface area (Å²) in [5, 5.41) is 3.14. The lowest BCUT2D eigenvalue weighted by Gasteiger charge is -2.43. The highest BCUT2D eigenvalue weighted by molar-refractivity contribution is 5.78. The molecule has 2 aliphatic rings. The number of hydrogen-bond donors (Lipinski definition) is 2. The van der Waals surface area contributed by atoms with Crippen molar-refractivity contribution in [3.63, 3.8) is 0 Å². The molecule has 0 heterocycles. The maximum atomic E-state index is 13.2. The number of nitrogens with zero attached hydrogens (tertiary/aromatic N) is 1. The predicted octanol–water partition coefficient (Wildman–Crippen LogP) is 2.70. The SMILES string of the molecule is CN(C)C(CNC(=O)C1CC2CCCC(C1)C2N)c1ccc(F)cc1. The van der Waals surface area contributed by atoms with Crippen LogP contribution in [0.5, 0.6) is 0 Å². The summed E-state index contributed by atoms with van der Waals surface area (Å²) >= 11 is 0. The smallest absolute Gasteiger partial charge is 0.223 e. The third-order valence-electron chi connectivity index (χ3n) is 6.13. The van der Waals surface area contributed by atoms with E-state index in [0.29, 0.717) is 18.4 Å². The maximum absolute atomic E-state index is 13.2. The first kappa shape index (κ1) is 18.3. The minimum atomic E-state index is -0.240. The second-order valence-corrected chi connectivity index (χ2v) is 7.97. The summed E-state index contributed by atoms with van der Waals surface area (Å²) < 4.78 is 13.2. The number of nitrogens with one attached hydrogen (secondary N) is 1. The highest BCUT2D eigenvalue weighted by atomic mass is 19.1. The topological polar surface area (TPSA) is 58.4 Å². The molecule has 2 fully saturated rings. The standard InChI is InChI=1S/C20H30FN3O/c1-24(2)18(13-6-8-17(21)9-7-13)12-23-20(25)16-10-14-4-3-5-15(11-16)19(14)22/h6-9,14-16,18-19H,3-5,10-12,22H2,1-2H3,(H,23,25). The molecule has 3 N–H and O–H groups in total. The lowest BCUT2D eigenvalue weighted by molar-refractivity contribution is -0.128. The molecule has 0 spiro atoms. The first-order chi connectivity index (χ1) is 12.0. The van der Waals surface area contributed by atoms with Crippen molar-refractivity contribution in [3.05, 3.63) is 35.6 Å². The van der Waals surface area contributed by atoms with Crippen molar-refractivity contribution in [2.75, 3.05) is 20.6 Å². The number of nitrogens with two attached hydrogens (primary N) is 1. The zero-order valence-electron chi connectivity index (χ0n) is 15.2. The number of carbonyl (C=O) groups is 1. The summed E-state index contributed by atoms with van der Waals surface area (Å²) in [6.45, 7) is 0.537. The van der Waals surface area contributed by atoms with Crippen LogP contribution in [-0.4, -0.2) is 37.5 Å². The number of benzene rings is 1. The Labute approximate surface area is 150 Å². The van der Waals surface area contributed by atoms with Crippen molar-refractivity contribution in [1.82, 2.24) is 10.2 Å². The number of carbonyl (C=O) groups excluding carboxylic acids is 1. The molecule has 4 nitrogen and oxygen atoms in total. The Bertz CT molecular complexity index is 575. The Morgan fingerprint density at radius 2 is 1.84 bits per heavy atom. The first-order valence-electron chi connectivity index (χ1n) is 9.41. The van der Waals surface area contributed by atoms with Crippen LogP contribution < -0.4 is 11.1 Å². The Kier molecular flexibility index (Phi) is 5.74. The van der Waals surface area contributed by atoms with Gasteiger partial charge in [-0.25, -0.2) is 4.39 Å². The van der Waals surface area contributed by atoms with Crippen LogP contribution in [0.15, 0.2) is 24.3 Å². The van der Waals surface area contributed by atoms with Crippen molar-refractivity contribution in [3.8, 4) is 0 Å². The van der Waals surface area contributed by atoms with Crippen molar-refractivity contribution >= 4 is 5.91 Å². The third-order valence-corrected chi connectivity index (χ3v) is 6.13. The van der Waals surface area contributed by atoms with Crippen molar-refractivity contribution in [2.45, 2.75) is 44.2 Å². The minimum absolute atomic E-state index is 0.0369. The van der Waals surface area contributed by atoms with Gasteiger partial charge in [-0.2, -0.15) is 0 Å². The van der Waals surface area contributed by atoms with Gasteiger partial charge in [-0.05, 0) is 69.3 Å². The van der Waals surface area contributed by atoms with Gasteiger partial charge in [0.25, 0.3) is 0 Å². The lowest BCUT2D eigenvalue weighted by Crippen LogP contribution is -2.49. The molecule has 2 bridgehead atoms. The quantitative estimate of drug-likeness (QED) is 0.861. The molecule has 138 valence electrons. The van der Waals surface area contributed by atoms with E-state index in [1.165, 1.54) is 18.6 Å². The zero-order chi connectivity index (χ0) is 18.0. The molecular weight excluding hydrogens is 317 g/mol. The Hall–Kier alpha value is -1.46. The average molecular weight is 347 g/mol. The van der Waals surface area contributed by atoms with Crippen LogP contribution in [0, 0.1) is 23.6 Å². The molecule has 5 heteroatoms. The van der Waals surface area contributed by atoms with E-state index in [1.54, 1.807) is 12.1 Å². The molecule has 1 amide bonds. The Morgan fingerprint density at radius 3 is 2.40 bits per heavy atom. The van der Waals surface area contributed by atoms with Gasteiger partial charge < -0.3 is 16.0 Å². The molecule has 3 unspecified atom stereocenters. The van der Waals surface area contributed by atoms with Crippen molar-refractivity contribution in [1.29, 1.82) is 0 Å². The fourth-order valence-electron chi connectivity index (χ4n) is 4.63. The van der Waals surface area contributed by atoms with Gasteiger partial charge in [-0.1, -0.05) is 18.6 Å². The van der Waals surface area contributed by atoms with Gasteiger partial charge in [0.2, 0.25) is 5.91 Å². The number of likely N-dealkylation sites (N-methyl/N-ethyl adjacent to an activating group) is 1. The van der Waals surface area contributed by atoms with Crippen LogP contribution in [0.2, 0.25) is 0 Å². The Morgan fingerprint density at radius 1 is 1.24 bits per heavy atom. The van der Waals surface area contributed by atoms with Crippen LogP contribution in [0.3, 0.4) is 0 Å². The predicted molar refractivity (Wildman–Crippen MR) is 97.4 cm³/mol. The lowest BCUT2D eigenvalue weighted by atomic mass is 9.65. The zero-order valence-corrected chi connectivity index (χ0v) is 15.2. The molecule has 2 aliphatic carbocycles. The van der Waals surface area contributed by atoms with Gasteiger partial charge in [-0.3, -0.25) is 4.79 Å².